The van der Waals surface area contributed by atoms with Gasteiger partial charge in [0, 0.05) is 44.4 Å². The van der Waals surface area contributed by atoms with Gasteiger partial charge in [0.25, 0.3) is 0 Å². The van der Waals surface area contributed by atoms with Crippen molar-refractivity contribution in [2.45, 2.75) is 13.8 Å². The lowest BCUT2D eigenvalue weighted by Gasteiger charge is -2.35. The zero-order valence-corrected chi connectivity index (χ0v) is 9.96. The van der Waals surface area contributed by atoms with Crippen molar-refractivity contribution in [3.05, 3.63) is 0 Å². The summed E-state index contributed by atoms with van der Waals surface area (Å²) in [5, 5.41) is 0. The largest absolute Gasteiger partial charge is 0.340 e. The summed E-state index contributed by atoms with van der Waals surface area (Å²) in [5.74, 6) is 1.32. The Balaban J connectivity index is 2.32. The highest BCUT2D eigenvalue weighted by Gasteiger charge is 2.21. The molecule has 1 rings (SSSR count). The average Bonchev–Trinajstić information content (AvgIpc) is 2.18. The van der Waals surface area contributed by atoms with Crippen LogP contribution in [0.3, 0.4) is 0 Å². The third kappa shape index (κ3) is 3.17. The molecule has 1 aliphatic rings. The second-order valence-corrected chi connectivity index (χ2v) is 4.49. The van der Waals surface area contributed by atoms with Crippen molar-refractivity contribution in [3.63, 3.8) is 0 Å². The molecule has 1 amide bonds. The lowest BCUT2D eigenvalue weighted by atomic mass is 10.1. The van der Waals surface area contributed by atoms with E-state index in [1.54, 1.807) is 0 Å². The Kier molecular flexibility index (Phi) is 4.75. The fraction of sp³-hybridized carbons (Fsp3) is 0.900. The molecule has 0 aliphatic carbocycles. The van der Waals surface area contributed by atoms with Crippen LogP contribution in [0.1, 0.15) is 13.8 Å². The minimum atomic E-state index is 0.131. The van der Waals surface area contributed by atoms with Crippen LogP contribution in [0.15, 0.2) is 0 Å². The maximum absolute atomic E-state index is 11.7. The van der Waals surface area contributed by atoms with Crippen LogP contribution in [0, 0.1) is 5.92 Å². The van der Waals surface area contributed by atoms with Gasteiger partial charge in [-0.1, -0.05) is 13.8 Å². The van der Waals surface area contributed by atoms with Gasteiger partial charge in [0.15, 0.2) is 0 Å². The standard InChI is InChI=1S/C10H20N2OS/c1-9(2)10(13)12-5-3-11(4-6-12)7-8-14/h9,14H,3-8H2,1-2H3. The molecule has 0 aromatic heterocycles. The molecule has 0 aromatic carbocycles. The van der Waals surface area contributed by atoms with Crippen molar-refractivity contribution < 1.29 is 4.79 Å². The molecule has 0 N–H and O–H groups in total. The van der Waals surface area contributed by atoms with Crippen molar-refractivity contribution in [1.29, 1.82) is 0 Å². The fourth-order valence-electron chi connectivity index (χ4n) is 1.70. The highest BCUT2D eigenvalue weighted by molar-refractivity contribution is 7.80. The van der Waals surface area contributed by atoms with Gasteiger partial charge in [0.05, 0.1) is 0 Å². The number of piperazine rings is 1. The van der Waals surface area contributed by atoms with Crippen LogP contribution < -0.4 is 0 Å². The van der Waals surface area contributed by atoms with E-state index in [0.29, 0.717) is 0 Å². The molecule has 4 heteroatoms. The highest BCUT2D eigenvalue weighted by Crippen LogP contribution is 2.06. The van der Waals surface area contributed by atoms with E-state index in [9.17, 15) is 4.79 Å². The Morgan fingerprint density at radius 1 is 1.29 bits per heavy atom. The summed E-state index contributed by atoms with van der Waals surface area (Å²) < 4.78 is 0. The van der Waals surface area contributed by atoms with Crippen LogP contribution in [0.4, 0.5) is 0 Å². The first-order valence-corrected chi connectivity index (χ1v) is 5.90. The van der Waals surface area contributed by atoms with Crippen LogP contribution in [0.2, 0.25) is 0 Å². The average molecular weight is 216 g/mol. The minimum absolute atomic E-state index is 0.131. The van der Waals surface area contributed by atoms with E-state index < -0.39 is 0 Å². The third-order valence-corrected chi connectivity index (χ3v) is 2.79. The monoisotopic (exact) mass is 216 g/mol. The van der Waals surface area contributed by atoms with Gasteiger partial charge in [-0.2, -0.15) is 12.6 Å². The Morgan fingerprint density at radius 3 is 2.29 bits per heavy atom. The fourth-order valence-corrected chi connectivity index (χ4v) is 1.98. The number of thiol groups is 1. The second kappa shape index (κ2) is 5.61. The molecule has 3 nitrogen and oxygen atoms in total. The molecule has 0 aromatic rings. The van der Waals surface area contributed by atoms with Crippen molar-refractivity contribution in [1.82, 2.24) is 9.80 Å². The van der Waals surface area contributed by atoms with Crippen LogP contribution >= 0.6 is 12.6 Å². The van der Waals surface area contributed by atoms with Crippen molar-refractivity contribution in [3.8, 4) is 0 Å². The molecule has 82 valence electrons. The maximum Gasteiger partial charge on any atom is 0.225 e. The number of nitrogens with zero attached hydrogens (tertiary/aromatic N) is 2. The molecular weight excluding hydrogens is 196 g/mol. The number of carbonyl (C=O) groups is 1. The van der Waals surface area contributed by atoms with Crippen molar-refractivity contribution in [2.24, 2.45) is 5.92 Å². The first kappa shape index (κ1) is 11.9. The molecule has 14 heavy (non-hydrogen) atoms. The Labute approximate surface area is 91.9 Å². The normalized spacial score (nSPS) is 19.0. The van der Waals surface area contributed by atoms with Crippen LogP contribution in [-0.2, 0) is 4.79 Å². The summed E-state index contributed by atoms with van der Waals surface area (Å²) in [7, 11) is 0. The van der Waals surface area contributed by atoms with Crippen LogP contribution in [-0.4, -0.2) is 54.2 Å². The predicted octanol–water partition coefficient (Wildman–Crippen LogP) is 0.716. The summed E-state index contributed by atoms with van der Waals surface area (Å²) in [6, 6.07) is 0. The number of amides is 1. The first-order chi connectivity index (χ1) is 6.65. The molecular formula is C10H20N2OS. The van der Waals surface area contributed by atoms with Gasteiger partial charge in [0.2, 0.25) is 5.91 Å². The lowest BCUT2D eigenvalue weighted by molar-refractivity contribution is -0.136. The van der Waals surface area contributed by atoms with Gasteiger partial charge in [-0.05, 0) is 0 Å². The van der Waals surface area contributed by atoms with Crippen LogP contribution in [0.25, 0.3) is 0 Å². The summed E-state index contributed by atoms with van der Waals surface area (Å²) in [6.07, 6.45) is 0. The van der Waals surface area contributed by atoms with E-state index in [2.05, 4.69) is 17.5 Å². The predicted molar refractivity (Wildman–Crippen MR) is 61.7 cm³/mol. The molecule has 1 fully saturated rings. The van der Waals surface area contributed by atoms with Crippen molar-refractivity contribution in [2.75, 3.05) is 38.5 Å². The smallest absolute Gasteiger partial charge is 0.225 e. The molecule has 0 unspecified atom stereocenters. The van der Waals surface area contributed by atoms with Crippen molar-refractivity contribution >= 4 is 18.5 Å². The molecule has 0 atom stereocenters. The zero-order chi connectivity index (χ0) is 10.6. The second-order valence-electron chi connectivity index (χ2n) is 4.05. The van der Waals surface area contributed by atoms with E-state index in [0.717, 1.165) is 38.5 Å². The molecule has 1 heterocycles. The van der Waals surface area contributed by atoms with Gasteiger partial charge < -0.3 is 4.90 Å². The van der Waals surface area contributed by atoms with E-state index >= 15 is 0 Å². The molecule has 0 radical (unpaired) electrons. The Morgan fingerprint density at radius 2 is 1.86 bits per heavy atom. The highest BCUT2D eigenvalue weighted by atomic mass is 32.1. The Hall–Kier alpha value is -0.220. The molecule has 1 saturated heterocycles. The quantitative estimate of drug-likeness (QED) is 0.703. The molecule has 0 bridgehead atoms. The Bertz CT molecular complexity index is 189. The van der Waals surface area contributed by atoms with Gasteiger partial charge in [-0.3, -0.25) is 9.69 Å². The summed E-state index contributed by atoms with van der Waals surface area (Å²) in [5.41, 5.74) is 0. The van der Waals surface area contributed by atoms with Crippen LogP contribution in [0.5, 0.6) is 0 Å². The zero-order valence-electron chi connectivity index (χ0n) is 9.07. The van der Waals surface area contributed by atoms with E-state index in [4.69, 9.17) is 0 Å². The third-order valence-electron chi connectivity index (χ3n) is 2.59. The first-order valence-electron chi connectivity index (χ1n) is 5.27. The SMILES string of the molecule is CC(C)C(=O)N1CCN(CCS)CC1. The number of hydrogen-bond donors (Lipinski definition) is 1. The van der Waals surface area contributed by atoms with Gasteiger partial charge in [0.1, 0.15) is 0 Å². The van der Waals surface area contributed by atoms with Gasteiger partial charge >= 0.3 is 0 Å². The van der Waals surface area contributed by atoms with Gasteiger partial charge in [-0.25, -0.2) is 0 Å². The van der Waals surface area contributed by atoms with Gasteiger partial charge in [-0.15, -0.1) is 0 Å². The van der Waals surface area contributed by atoms with E-state index in [1.807, 2.05) is 18.7 Å². The minimum Gasteiger partial charge on any atom is -0.340 e. The molecule has 1 aliphatic heterocycles. The topological polar surface area (TPSA) is 23.6 Å². The number of carbonyl (C=O) groups excluding carboxylic acids is 1. The maximum atomic E-state index is 11.7. The molecule has 0 saturated carbocycles. The summed E-state index contributed by atoms with van der Waals surface area (Å²) in [6.45, 7) is 8.71. The number of hydrogen-bond acceptors (Lipinski definition) is 3. The van der Waals surface area contributed by atoms with E-state index in [-0.39, 0.29) is 11.8 Å². The number of rotatable bonds is 3. The lowest BCUT2D eigenvalue weighted by Crippen LogP contribution is -2.50. The summed E-state index contributed by atoms with van der Waals surface area (Å²) >= 11 is 4.20. The summed E-state index contributed by atoms with van der Waals surface area (Å²) in [4.78, 5) is 16.0. The van der Waals surface area contributed by atoms with E-state index in [1.165, 1.54) is 0 Å². The molecule has 0 spiro atoms.